The van der Waals surface area contributed by atoms with E-state index in [1.165, 1.54) is 7.11 Å². The number of rotatable bonds is 12. The van der Waals surface area contributed by atoms with Crippen LogP contribution in [0.15, 0.2) is 22.8 Å². The van der Waals surface area contributed by atoms with Crippen LogP contribution in [0, 0.1) is 16.7 Å². The molecule has 384 valence electrons. The highest BCUT2D eigenvalue weighted by molar-refractivity contribution is 6.08. The van der Waals surface area contributed by atoms with Crippen molar-refractivity contribution in [3.8, 4) is 0 Å². The summed E-state index contributed by atoms with van der Waals surface area (Å²) in [6.07, 6.45) is -5.64. The number of carbonyl (C=O) groups excluding carboxylic acids is 1. The van der Waals surface area contributed by atoms with Crippen molar-refractivity contribution in [1.82, 2.24) is 0 Å². The van der Waals surface area contributed by atoms with Gasteiger partial charge in [0.1, 0.15) is 36.6 Å². The summed E-state index contributed by atoms with van der Waals surface area (Å²) in [7, 11) is 6.33. The second-order valence-corrected chi connectivity index (χ2v) is 21.3. The molecule has 19 heteroatoms. The Labute approximate surface area is 398 Å². The fourth-order valence-electron chi connectivity index (χ4n) is 13.8. The molecule has 24 atom stereocenters. The van der Waals surface area contributed by atoms with E-state index in [1.54, 1.807) is 34.3 Å². The van der Waals surface area contributed by atoms with Crippen molar-refractivity contribution < 1.29 is 91.2 Å². The molecule has 1 saturated carbocycles. The van der Waals surface area contributed by atoms with Crippen LogP contribution in [-0.2, 0) is 75.8 Å². The van der Waals surface area contributed by atoms with Crippen LogP contribution in [-0.4, -0.2) is 191 Å². The van der Waals surface area contributed by atoms with Crippen LogP contribution >= 0.6 is 0 Å². The van der Waals surface area contributed by atoms with Crippen LogP contribution < -0.4 is 0 Å². The molecule has 68 heavy (non-hydrogen) atoms. The minimum atomic E-state index is -1.75. The van der Waals surface area contributed by atoms with Crippen molar-refractivity contribution in [1.29, 1.82) is 0 Å². The molecular formula is C49H74O19. The normalized spacial score (nSPS) is 53.4. The largest absolute Gasteiger partial charge is 0.388 e. The first-order chi connectivity index (χ1) is 32.4. The van der Waals surface area contributed by atoms with E-state index in [1.807, 2.05) is 27.7 Å². The Kier molecular flexibility index (Phi) is 13.8. The SMILES string of the molecule is CO[C@@H]1[C@@H](O)[C@H](O[C@H]2CC[C@@]3(C)C(=CC(=O)C4=C3CC[C@@]35CO[C@@]6(C)OC[C@@H](O[C@]43O)[C@H]65)C2)O[C@H](C)[C@H]1O[C@H]1C[C@H](OC)[C@H](O[C@H]2C[C@H](OC)[C@H](O[C@H]3C[C@H](OC)[C@H](O)[C@H](C)O3)[C@@H](C)O2)[C@@H](C)O1. The van der Waals surface area contributed by atoms with Gasteiger partial charge < -0.3 is 86.4 Å². The van der Waals surface area contributed by atoms with Crippen molar-refractivity contribution in [2.24, 2.45) is 16.7 Å². The molecule has 8 fully saturated rings. The molecule has 0 amide bonds. The van der Waals surface area contributed by atoms with E-state index in [2.05, 4.69) is 6.92 Å². The van der Waals surface area contributed by atoms with Crippen molar-refractivity contribution in [2.45, 2.75) is 221 Å². The van der Waals surface area contributed by atoms with Gasteiger partial charge in [-0.05, 0) is 78.4 Å². The Morgan fingerprint density at radius 1 is 0.676 bits per heavy atom. The van der Waals surface area contributed by atoms with Crippen LogP contribution in [0.5, 0.6) is 0 Å². The number of ketones is 1. The molecule has 10 aliphatic rings. The van der Waals surface area contributed by atoms with Crippen LogP contribution in [0.3, 0.4) is 0 Å². The maximum atomic E-state index is 14.2. The van der Waals surface area contributed by atoms with Crippen LogP contribution in [0.2, 0.25) is 0 Å². The summed E-state index contributed by atoms with van der Waals surface area (Å²) in [6, 6.07) is 0. The van der Waals surface area contributed by atoms with Crippen molar-refractivity contribution in [3.63, 3.8) is 0 Å². The van der Waals surface area contributed by atoms with E-state index in [0.29, 0.717) is 63.5 Å². The number of allylic oxidation sites excluding steroid dienone is 2. The van der Waals surface area contributed by atoms with Gasteiger partial charge in [-0.3, -0.25) is 4.79 Å². The Morgan fingerprint density at radius 2 is 1.26 bits per heavy atom. The predicted molar refractivity (Wildman–Crippen MR) is 233 cm³/mol. The van der Waals surface area contributed by atoms with Crippen molar-refractivity contribution in [3.05, 3.63) is 22.8 Å². The van der Waals surface area contributed by atoms with Gasteiger partial charge in [0.2, 0.25) is 5.79 Å². The number of aliphatic hydroxyl groups excluding tert-OH is 2. The van der Waals surface area contributed by atoms with Crippen LogP contribution in [0.1, 0.15) is 92.9 Å². The van der Waals surface area contributed by atoms with Crippen LogP contribution in [0.4, 0.5) is 0 Å². The molecule has 1 spiro atoms. The van der Waals surface area contributed by atoms with Gasteiger partial charge in [0, 0.05) is 53.1 Å². The molecule has 19 nitrogen and oxygen atoms in total. The van der Waals surface area contributed by atoms with E-state index in [0.717, 1.165) is 11.1 Å². The number of fused-ring (bicyclic) bond motifs is 3. The van der Waals surface area contributed by atoms with Gasteiger partial charge in [-0.25, -0.2) is 0 Å². The Morgan fingerprint density at radius 3 is 1.88 bits per heavy atom. The van der Waals surface area contributed by atoms with Crippen molar-refractivity contribution >= 4 is 5.78 Å². The molecular weight excluding hydrogens is 893 g/mol. The topological polar surface area (TPSA) is 216 Å². The summed E-state index contributed by atoms with van der Waals surface area (Å²) >= 11 is 0. The maximum absolute atomic E-state index is 14.2. The van der Waals surface area contributed by atoms with E-state index in [4.69, 9.17) is 71.1 Å². The smallest absolute Gasteiger partial charge is 0.205 e. The average molecular weight is 967 g/mol. The number of aliphatic hydroxyl groups is 3. The predicted octanol–water partition coefficient (Wildman–Crippen LogP) is 2.71. The Bertz CT molecular complexity index is 1930. The number of hydrogen-bond donors (Lipinski definition) is 3. The molecule has 0 aromatic rings. The summed E-state index contributed by atoms with van der Waals surface area (Å²) in [6.45, 7) is 12.1. The zero-order chi connectivity index (χ0) is 48.2. The lowest BCUT2D eigenvalue weighted by Crippen LogP contribution is -2.61. The first kappa shape index (κ1) is 50.0. The monoisotopic (exact) mass is 966 g/mol. The van der Waals surface area contributed by atoms with Crippen LogP contribution in [0.25, 0.3) is 0 Å². The minimum Gasteiger partial charge on any atom is -0.388 e. The van der Waals surface area contributed by atoms with Gasteiger partial charge in [-0.2, -0.15) is 0 Å². The Balaban J connectivity index is 0.740. The highest BCUT2D eigenvalue weighted by Crippen LogP contribution is 2.70. The highest BCUT2D eigenvalue weighted by atomic mass is 16.8. The summed E-state index contributed by atoms with van der Waals surface area (Å²) in [4.78, 5) is 14.2. The second-order valence-electron chi connectivity index (χ2n) is 21.3. The highest BCUT2D eigenvalue weighted by Gasteiger charge is 2.79. The summed E-state index contributed by atoms with van der Waals surface area (Å²) in [5.74, 6) is -2.98. The van der Waals surface area contributed by atoms with Gasteiger partial charge in [-0.15, -0.1) is 0 Å². The molecule has 3 aliphatic carbocycles. The summed E-state index contributed by atoms with van der Waals surface area (Å²) in [5.41, 5.74) is 1.04. The number of hydrogen-bond acceptors (Lipinski definition) is 19. The maximum Gasteiger partial charge on any atom is 0.205 e. The molecule has 3 N–H and O–H groups in total. The molecule has 0 bridgehead atoms. The lowest BCUT2D eigenvalue weighted by molar-refractivity contribution is -0.357. The fourth-order valence-corrected chi connectivity index (χ4v) is 13.8. The van der Waals surface area contributed by atoms with Gasteiger partial charge in [-0.1, -0.05) is 12.5 Å². The number of ether oxygens (including phenoxy) is 15. The molecule has 7 heterocycles. The fraction of sp³-hybridized carbons (Fsp3) is 0.898. The number of carbonyl (C=O) groups is 1. The summed E-state index contributed by atoms with van der Waals surface area (Å²) < 4.78 is 93.1. The van der Waals surface area contributed by atoms with Crippen molar-refractivity contribution in [2.75, 3.05) is 41.7 Å². The first-order valence-corrected chi connectivity index (χ1v) is 24.8. The third-order valence-electron chi connectivity index (χ3n) is 17.6. The molecule has 7 aliphatic heterocycles. The lowest BCUT2D eigenvalue weighted by atomic mass is 9.53. The quantitative estimate of drug-likeness (QED) is 0.256. The van der Waals surface area contributed by atoms with E-state index in [9.17, 15) is 20.1 Å². The molecule has 7 saturated heterocycles. The van der Waals surface area contributed by atoms with Gasteiger partial charge in [0.15, 0.2) is 36.7 Å². The Hall–Kier alpha value is -1.57. The van der Waals surface area contributed by atoms with Gasteiger partial charge in [0.05, 0.1) is 85.1 Å². The van der Waals surface area contributed by atoms with E-state index in [-0.39, 0.29) is 36.6 Å². The lowest BCUT2D eigenvalue weighted by Gasteiger charge is -2.52. The molecule has 0 aromatic carbocycles. The van der Waals surface area contributed by atoms with E-state index >= 15 is 0 Å². The molecule has 0 radical (unpaired) electrons. The zero-order valence-corrected chi connectivity index (χ0v) is 41.1. The summed E-state index contributed by atoms with van der Waals surface area (Å²) in [5, 5.41) is 34.7. The second kappa shape index (κ2) is 18.7. The average Bonchev–Trinajstić information content (AvgIpc) is 3.91. The van der Waals surface area contributed by atoms with E-state index < -0.39 is 121 Å². The molecule has 0 unspecified atom stereocenters. The molecule has 10 rings (SSSR count). The molecule has 0 aromatic heterocycles. The third-order valence-corrected chi connectivity index (χ3v) is 17.6. The van der Waals surface area contributed by atoms with Gasteiger partial charge in [0.25, 0.3) is 0 Å². The number of methoxy groups -OCH3 is 4. The standard InChI is InChI=1S/C49H74O19/c1-22-38(51)30(54-7)17-34(60-22)65-40-23(2)61-35(18-31(40)55-8)66-41-24(3)62-36(19-32(41)56-9)67-42-25(4)63-45(39(52)43(42)57-10)64-27-11-13-46(5)26(15-27)16-29(50)37-28(46)12-14-48-21-59-47(6)44(48)33(20-58-47)68-49(37,48)53/h16,22-25,27,30-36,38-45,51-53H,11-15,17-21H2,1-10H3/t22-,23+,24+,25+,27-,30-,31-,32-,33+,34-,35-,36-,38+,39+,40+,41+,42+,43+,44+,45-,46-,47+,48-,49+/m0/s1. The third kappa shape index (κ3) is 8.05. The minimum absolute atomic E-state index is 0.161. The van der Waals surface area contributed by atoms with Gasteiger partial charge >= 0.3 is 0 Å². The zero-order valence-electron chi connectivity index (χ0n) is 41.1. The first-order valence-electron chi connectivity index (χ1n) is 24.8.